The Morgan fingerprint density at radius 3 is 2.35 bits per heavy atom. The molecule has 0 spiro atoms. The van der Waals surface area contributed by atoms with E-state index in [-0.39, 0.29) is 18.2 Å². The highest BCUT2D eigenvalue weighted by Gasteiger charge is 2.21. The van der Waals surface area contributed by atoms with Crippen LogP contribution in [0.2, 0.25) is 0 Å². The fourth-order valence-corrected chi connectivity index (χ4v) is 2.23. The highest BCUT2D eigenvalue weighted by atomic mass is 32.2. The normalized spacial score (nSPS) is 13.9. The van der Waals surface area contributed by atoms with Gasteiger partial charge >= 0.3 is 0 Å². The molecule has 0 aromatic heterocycles. The number of hydrogen-bond acceptors (Lipinski definition) is 3. The van der Waals surface area contributed by atoms with Crippen LogP contribution in [0, 0.1) is 11.7 Å². The van der Waals surface area contributed by atoms with Crippen LogP contribution in [-0.4, -0.2) is 20.8 Å². The van der Waals surface area contributed by atoms with Gasteiger partial charge < -0.3 is 0 Å². The molecule has 5 heteroatoms. The summed E-state index contributed by atoms with van der Waals surface area (Å²) in [6, 6.07) is 6.31. The summed E-state index contributed by atoms with van der Waals surface area (Å²) in [6.07, 6.45) is 0.711. The van der Waals surface area contributed by atoms with Gasteiger partial charge in [0.25, 0.3) is 10.1 Å². The first kappa shape index (κ1) is 14.1. The van der Waals surface area contributed by atoms with Gasteiger partial charge in [-0.25, -0.2) is 4.39 Å². The summed E-state index contributed by atoms with van der Waals surface area (Å²) in [7, 11) is -3.52. The lowest BCUT2D eigenvalue weighted by molar-refractivity contribution is 0.159. The third-order valence-electron chi connectivity index (χ3n) is 2.42. The van der Waals surface area contributed by atoms with Gasteiger partial charge in [-0.15, -0.1) is 0 Å². The molecule has 0 saturated carbocycles. The molecule has 0 aliphatic rings. The molecule has 0 saturated heterocycles. The molecule has 17 heavy (non-hydrogen) atoms. The first-order valence-electron chi connectivity index (χ1n) is 5.41. The first-order valence-corrected chi connectivity index (χ1v) is 7.23. The van der Waals surface area contributed by atoms with Gasteiger partial charge in [0, 0.05) is 6.42 Å². The Balaban J connectivity index is 2.85. The quantitative estimate of drug-likeness (QED) is 0.763. The van der Waals surface area contributed by atoms with Crippen molar-refractivity contribution in [1.82, 2.24) is 0 Å². The average molecular weight is 260 g/mol. The molecule has 0 aliphatic heterocycles. The second-order valence-electron chi connectivity index (χ2n) is 4.38. The van der Waals surface area contributed by atoms with Crippen molar-refractivity contribution >= 4 is 10.1 Å². The van der Waals surface area contributed by atoms with Crippen LogP contribution in [0.5, 0.6) is 0 Å². The predicted octanol–water partition coefficient (Wildman–Crippen LogP) is 2.37. The van der Waals surface area contributed by atoms with Gasteiger partial charge in [-0.1, -0.05) is 32.0 Å². The largest absolute Gasteiger partial charge is 0.266 e. The summed E-state index contributed by atoms with van der Waals surface area (Å²) < 4.78 is 40.6. The smallest absolute Gasteiger partial charge is 0.264 e. The van der Waals surface area contributed by atoms with Gasteiger partial charge in [-0.05, 0) is 17.5 Å². The lowest BCUT2D eigenvalue weighted by Gasteiger charge is -2.20. The zero-order chi connectivity index (χ0) is 13.1. The van der Waals surface area contributed by atoms with E-state index in [0.29, 0.717) is 5.56 Å². The molecule has 0 amide bonds. The van der Waals surface area contributed by atoms with Crippen LogP contribution in [0.4, 0.5) is 4.39 Å². The third-order valence-corrected chi connectivity index (χ3v) is 3.02. The molecule has 0 radical (unpaired) electrons. The lowest BCUT2D eigenvalue weighted by Crippen LogP contribution is -2.26. The van der Waals surface area contributed by atoms with Gasteiger partial charge in [0.1, 0.15) is 5.82 Å². The van der Waals surface area contributed by atoms with Crippen molar-refractivity contribution in [2.75, 3.05) is 6.26 Å². The standard InChI is InChI=1S/C12H17FO3S/c1-9(2)12(16-17(3,14)15)8-10-6-4-5-7-11(10)13/h4-7,9,12H,8H2,1-3H3. The first-order chi connectivity index (χ1) is 7.79. The van der Waals surface area contributed by atoms with E-state index in [1.54, 1.807) is 18.2 Å². The van der Waals surface area contributed by atoms with E-state index in [2.05, 4.69) is 0 Å². The summed E-state index contributed by atoms with van der Waals surface area (Å²) in [5.41, 5.74) is 0.467. The molecule has 1 aromatic carbocycles. The Labute approximate surface area is 102 Å². The Morgan fingerprint density at radius 1 is 1.29 bits per heavy atom. The van der Waals surface area contributed by atoms with Crippen LogP contribution in [-0.2, 0) is 20.7 Å². The van der Waals surface area contributed by atoms with Crippen molar-refractivity contribution in [1.29, 1.82) is 0 Å². The predicted molar refractivity (Wildman–Crippen MR) is 64.7 cm³/mol. The Kier molecular flexibility index (Phi) is 4.65. The van der Waals surface area contributed by atoms with Crippen LogP contribution in [0.3, 0.4) is 0 Å². The second-order valence-corrected chi connectivity index (χ2v) is 5.98. The van der Waals surface area contributed by atoms with E-state index in [1.807, 2.05) is 13.8 Å². The molecule has 0 N–H and O–H groups in total. The topological polar surface area (TPSA) is 43.4 Å². The summed E-state index contributed by atoms with van der Waals surface area (Å²) >= 11 is 0. The number of rotatable bonds is 5. The molecule has 96 valence electrons. The van der Waals surface area contributed by atoms with E-state index in [4.69, 9.17) is 4.18 Å². The fraction of sp³-hybridized carbons (Fsp3) is 0.500. The molecule has 3 nitrogen and oxygen atoms in total. The number of halogens is 1. The molecule has 0 bridgehead atoms. The van der Waals surface area contributed by atoms with Gasteiger partial charge in [-0.2, -0.15) is 8.42 Å². The van der Waals surface area contributed by atoms with Crippen LogP contribution >= 0.6 is 0 Å². The Bertz CT molecular complexity index is 468. The maximum atomic E-state index is 13.4. The minimum Gasteiger partial charge on any atom is -0.266 e. The maximum Gasteiger partial charge on any atom is 0.264 e. The SMILES string of the molecule is CC(C)C(Cc1ccccc1F)OS(C)(=O)=O. The number of benzene rings is 1. The fourth-order valence-electron chi connectivity index (χ4n) is 1.49. The molecule has 1 aromatic rings. The van der Waals surface area contributed by atoms with E-state index in [0.717, 1.165) is 6.26 Å². The highest BCUT2D eigenvalue weighted by molar-refractivity contribution is 7.86. The van der Waals surface area contributed by atoms with Crippen molar-refractivity contribution in [3.05, 3.63) is 35.6 Å². The molecule has 0 heterocycles. The van der Waals surface area contributed by atoms with E-state index in [1.165, 1.54) is 6.07 Å². The molecular weight excluding hydrogens is 243 g/mol. The van der Waals surface area contributed by atoms with E-state index < -0.39 is 16.2 Å². The molecule has 0 fully saturated rings. The summed E-state index contributed by atoms with van der Waals surface area (Å²) in [5.74, 6) is -0.348. The van der Waals surface area contributed by atoms with Crippen molar-refractivity contribution in [2.24, 2.45) is 5.92 Å². The van der Waals surface area contributed by atoms with Gasteiger partial charge in [0.2, 0.25) is 0 Å². The third kappa shape index (κ3) is 4.83. The monoisotopic (exact) mass is 260 g/mol. The van der Waals surface area contributed by atoms with Crippen molar-refractivity contribution in [3.63, 3.8) is 0 Å². The van der Waals surface area contributed by atoms with Gasteiger partial charge in [0.05, 0.1) is 12.4 Å². The van der Waals surface area contributed by atoms with Gasteiger partial charge in [0.15, 0.2) is 0 Å². The minimum atomic E-state index is -3.52. The van der Waals surface area contributed by atoms with E-state index >= 15 is 0 Å². The van der Waals surface area contributed by atoms with Crippen molar-refractivity contribution in [2.45, 2.75) is 26.4 Å². The summed E-state index contributed by atoms with van der Waals surface area (Å²) in [4.78, 5) is 0. The summed E-state index contributed by atoms with van der Waals surface area (Å²) in [6.45, 7) is 3.69. The van der Waals surface area contributed by atoms with Gasteiger partial charge in [-0.3, -0.25) is 4.18 Å². The zero-order valence-electron chi connectivity index (χ0n) is 10.2. The lowest BCUT2D eigenvalue weighted by atomic mass is 9.99. The molecular formula is C12H17FO3S. The second kappa shape index (κ2) is 5.60. The van der Waals surface area contributed by atoms with Crippen molar-refractivity contribution in [3.8, 4) is 0 Å². The van der Waals surface area contributed by atoms with Crippen molar-refractivity contribution < 1.29 is 17.0 Å². The number of hydrogen-bond donors (Lipinski definition) is 0. The molecule has 0 aliphatic carbocycles. The minimum absolute atomic E-state index is 0.00988. The van der Waals surface area contributed by atoms with Crippen LogP contribution in [0.1, 0.15) is 19.4 Å². The molecule has 1 unspecified atom stereocenters. The molecule has 1 rings (SSSR count). The zero-order valence-corrected chi connectivity index (χ0v) is 11.0. The van der Waals surface area contributed by atoms with Crippen LogP contribution in [0.15, 0.2) is 24.3 Å². The highest BCUT2D eigenvalue weighted by Crippen LogP contribution is 2.17. The Morgan fingerprint density at radius 2 is 1.88 bits per heavy atom. The Hall–Kier alpha value is -0.940. The average Bonchev–Trinajstić information content (AvgIpc) is 2.18. The van der Waals surface area contributed by atoms with Crippen LogP contribution < -0.4 is 0 Å². The van der Waals surface area contributed by atoms with Crippen LogP contribution in [0.25, 0.3) is 0 Å². The summed E-state index contributed by atoms with van der Waals surface area (Å²) in [5, 5.41) is 0. The maximum absolute atomic E-state index is 13.4. The van der Waals surface area contributed by atoms with E-state index in [9.17, 15) is 12.8 Å². The molecule has 1 atom stereocenters.